The van der Waals surface area contributed by atoms with Crippen molar-refractivity contribution in [2.24, 2.45) is 0 Å². The number of carbonyl (C=O) groups excluding carboxylic acids is 2. The monoisotopic (exact) mass is 375 g/mol. The summed E-state index contributed by atoms with van der Waals surface area (Å²) < 4.78 is -2.12. The van der Waals surface area contributed by atoms with Crippen molar-refractivity contribution in [3.05, 3.63) is 33.8 Å². The minimum atomic E-state index is -2.12. The van der Waals surface area contributed by atoms with Crippen LogP contribution in [-0.2, 0) is 4.79 Å². The summed E-state index contributed by atoms with van der Waals surface area (Å²) >= 11 is 28.2. The number of ketones is 1. The molecule has 1 aromatic rings. The number of hydrogen-bond acceptors (Lipinski definition) is 2. The molecule has 20 heavy (non-hydrogen) atoms. The van der Waals surface area contributed by atoms with Gasteiger partial charge in [-0.05, 0) is 32.0 Å². The molecule has 0 atom stereocenters. The van der Waals surface area contributed by atoms with Crippen molar-refractivity contribution in [2.75, 3.05) is 0 Å². The molecule has 0 aromatic heterocycles. The Balaban J connectivity index is 2.97. The lowest BCUT2D eigenvalue weighted by Gasteiger charge is -2.28. The Labute approximate surface area is 141 Å². The summed E-state index contributed by atoms with van der Waals surface area (Å²) in [5.74, 6) is -1.31. The number of hydrogen-bond donors (Lipinski definition) is 1. The van der Waals surface area contributed by atoms with Crippen LogP contribution in [0.5, 0.6) is 0 Å². The van der Waals surface area contributed by atoms with Gasteiger partial charge in [0.2, 0.25) is 5.78 Å². The van der Waals surface area contributed by atoms with Crippen molar-refractivity contribution in [2.45, 2.75) is 23.2 Å². The van der Waals surface area contributed by atoms with Crippen molar-refractivity contribution < 1.29 is 9.59 Å². The minimum absolute atomic E-state index is 0.202. The first-order valence-electron chi connectivity index (χ1n) is 5.34. The Morgan fingerprint density at radius 3 is 1.85 bits per heavy atom. The van der Waals surface area contributed by atoms with Gasteiger partial charge in [0.25, 0.3) is 9.70 Å². The van der Waals surface area contributed by atoms with E-state index in [1.807, 2.05) is 0 Å². The van der Waals surface area contributed by atoms with Crippen LogP contribution in [-0.4, -0.2) is 21.0 Å². The molecule has 0 aliphatic carbocycles. The van der Waals surface area contributed by atoms with Crippen molar-refractivity contribution in [1.82, 2.24) is 5.32 Å². The fraction of sp³-hybridized carbons (Fsp3) is 0.333. The second kappa shape index (κ2) is 6.29. The van der Waals surface area contributed by atoms with E-state index in [0.717, 1.165) is 0 Å². The van der Waals surface area contributed by atoms with Gasteiger partial charge >= 0.3 is 0 Å². The maximum absolute atomic E-state index is 12.1. The summed E-state index contributed by atoms with van der Waals surface area (Å²) in [5.41, 5.74) is -1.16. The van der Waals surface area contributed by atoms with E-state index in [9.17, 15) is 9.59 Å². The molecule has 0 radical (unpaired) electrons. The number of carbonyl (C=O) groups is 2. The Bertz CT molecular complexity index is 531. The van der Waals surface area contributed by atoms with E-state index in [2.05, 4.69) is 5.32 Å². The molecule has 110 valence electrons. The van der Waals surface area contributed by atoms with Crippen LogP contribution in [0.15, 0.2) is 18.2 Å². The number of halogens is 5. The van der Waals surface area contributed by atoms with Crippen LogP contribution in [0.25, 0.3) is 0 Å². The van der Waals surface area contributed by atoms with E-state index in [4.69, 9.17) is 58.0 Å². The molecule has 0 heterocycles. The summed E-state index contributed by atoms with van der Waals surface area (Å²) in [7, 11) is 0. The fourth-order valence-electron chi connectivity index (χ4n) is 1.45. The zero-order valence-corrected chi connectivity index (χ0v) is 14.2. The van der Waals surface area contributed by atoms with Crippen LogP contribution in [0.2, 0.25) is 10.0 Å². The molecule has 0 spiro atoms. The van der Waals surface area contributed by atoms with Crippen LogP contribution in [0.1, 0.15) is 24.2 Å². The predicted octanol–water partition coefficient (Wildman–Crippen LogP) is 4.44. The molecule has 0 saturated carbocycles. The molecular formula is C12H10Cl5NO2. The predicted molar refractivity (Wildman–Crippen MR) is 83.3 cm³/mol. The lowest BCUT2D eigenvalue weighted by atomic mass is 9.99. The average molecular weight is 377 g/mol. The van der Waals surface area contributed by atoms with Gasteiger partial charge in [-0.15, -0.1) is 0 Å². The number of benzene rings is 1. The van der Waals surface area contributed by atoms with Crippen molar-refractivity contribution in [3.8, 4) is 0 Å². The molecule has 0 fully saturated rings. The van der Waals surface area contributed by atoms with Crippen molar-refractivity contribution in [3.63, 3.8) is 0 Å². The van der Waals surface area contributed by atoms with Crippen molar-refractivity contribution >= 4 is 69.7 Å². The van der Waals surface area contributed by atoms with E-state index in [1.54, 1.807) is 0 Å². The number of amides is 1. The topological polar surface area (TPSA) is 46.2 Å². The summed E-state index contributed by atoms with van der Waals surface area (Å²) in [6.07, 6.45) is 0. The SMILES string of the molecule is CC(C)(NC(=O)c1cc(Cl)cc(Cl)c1)C(=O)C(Cl)(Cl)Cl. The molecule has 0 saturated heterocycles. The van der Waals surface area contributed by atoms with Crippen LogP contribution in [0.4, 0.5) is 0 Å². The van der Waals surface area contributed by atoms with Gasteiger partial charge in [0.1, 0.15) is 0 Å². The highest BCUT2D eigenvalue weighted by molar-refractivity contribution is 6.76. The van der Waals surface area contributed by atoms with E-state index < -0.39 is 21.0 Å². The third-order valence-electron chi connectivity index (χ3n) is 2.38. The molecule has 3 nitrogen and oxygen atoms in total. The number of nitrogens with one attached hydrogen (secondary N) is 1. The first-order chi connectivity index (χ1) is 8.93. The second-order valence-corrected chi connectivity index (χ2v) is 7.72. The average Bonchev–Trinajstić information content (AvgIpc) is 2.24. The zero-order valence-electron chi connectivity index (χ0n) is 10.4. The quantitative estimate of drug-likeness (QED) is 0.792. The summed E-state index contributed by atoms with van der Waals surface area (Å²) in [5, 5.41) is 3.07. The molecule has 8 heteroatoms. The summed E-state index contributed by atoms with van der Waals surface area (Å²) in [6.45, 7) is 2.86. The maximum Gasteiger partial charge on any atom is 0.252 e. The van der Waals surface area contributed by atoms with Gasteiger partial charge in [0.15, 0.2) is 0 Å². The van der Waals surface area contributed by atoms with Gasteiger partial charge in [-0.1, -0.05) is 58.0 Å². The smallest absolute Gasteiger partial charge is 0.252 e. The maximum atomic E-state index is 12.1. The highest BCUT2D eigenvalue weighted by atomic mass is 35.6. The first-order valence-corrected chi connectivity index (χ1v) is 7.23. The lowest BCUT2D eigenvalue weighted by molar-refractivity contribution is -0.123. The third kappa shape index (κ3) is 4.68. The Morgan fingerprint density at radius 1 is 1.00 bits per heavy atom. The zero-order chi connectivity index (χ0) is 15.7. The van der Waals surface area contributed by atoms with Gasteiger partial charge in [0.05, 0.1) is 5.54 Å². The molecular weight excluding hydrogens is 367 g/mol. The molecule has 1 amide bonds. The normalized spacial score (nSPS) is 12.2. The second-order valence-electron chi connectivity index (χ2n) is 4.56. The highest BCUT2D eigenvalue weighted by Gasteiger charge is 2.42. The molecule has 1 aromatic carbocycles. The van der Waals surface area contributed by atoms with Gasteiger partial charge < -0.3 is 5.32 Å². The Kier molecular flexibility index (Phi) is 5.61. The first kappa shape index (κ1) is 17.9. The van der Waals surface area contributed by atoms with E-state index in [0.29, 0.717) is 10.0 Å². The van der Waals surface area contributed by atoms with Crippen LogP contribution in [0.3, 0.4) is 0 Å². The molecule has 0 aliphatic heterocycles. The van der Waals surface area contributed by atoms with Gasteiger partial charge in [-0.3, -0.25) is 9.59 Å². The number of alkyl halides is 3. The van der Waals surface area contributed by atoms with Gasteiger partial charge in [-0.2, -0.15) is 0 Å². The number of rotatable bonds is 3. The third-order valence-corrected chi connectivity index (χ3v) is 3.33. The lowest BCUT2D eigenvalue weighted by Crippen LogP contribution is -2.53. The van der Waals surface area contributed by atoms with Crippen LogP contribution in [0, 0.1) is 0 Å². The van der Waals surface area contributed by atoms with Crippen molar-refractivity contribution in [1.29, 1.82) is 0 Å². The van der Waals surface area contributed by atoms with E-state index >= 15 is 0 Å². The standard InChI is InChI=1S/C12H10Cl5NO2/c1-11(2,10(20)12(15,16)17)18-9(19)6-3-7(13)5-8(14)4-6/h3-5H,1-2H3,(H,18,19). The molecule has 0 bridgehead atoms. The van der Waals surface area contributed by atoms with E-state index in [-0.39, 0.29) is 5.56 Å². The largest absolute Gasteiger partial charge is 0.340 e. The van der Waals surface area contributed by atoms with Crippen LogP contribution >= 0.6 is 58.0 Å². The van der Waals surface area contributed by atoms with Gasteiger partial charge in [0, 0.05) is 15.6 Å². The summed E-state index contributed by atoms with van der Waals surface area (Å²) in [6, 6.07) is 4.31. The van der Waals surface area contributed by atoms with E-state index in [1.165, 1.54) is 32.0 Å². The van der Waals surface area contributed by atoms with Gasteiger partial charge in [-0.25, -0.2) is 0 Å². The minimum Gasteiger partial charge on any atom is -0.340 e. The molecule has 1 rings (SSSR count). The Hall–Kier alpha value is -0.190. The summed E-state index contributed by atoms with van der Waals surface area (Å²) in [4.78, 5) is 24.0. The number of Topliss-reactive ketones (excluding diaryl/α,β-unsaturated/α-hetero) is 1. The van der Waals surface area contributed by atoms with Crippen LogP contribution < -0.4 is 5.32 Å². The highest BCUT2D eigenvalue weighted by Crippen LogP contribution is 2.32. The Morgan fingerprint density at radius 2 is 1.45 bits per heavy atom. The fourth-order valence-corrected chi connectivity index (χ4v) is 2.69. The molecule has 0 aliphatic rings. The molecule has 0 unspecified atom stereocenters. The molecule has 1 N–H and O–H groups in total.